The fourth-order valence-electron chi connectivity index (χ4n) is 3.68. The zero-order valence-electron chi connectivity index (χ0n) is 18.6. The summed E-state index contributed by atoms with van der Waals surface area (Å²) in [6.45, 7) is 6.16. The molecule has 2 aromatic rings. The number of hydrogen-bond acceptors (Lipinski definition) is 3. The van der Waals surface area contributed by atoms with Crippen LogP contribution in [0.5, 0.6) is 0 Å². The molecular formula is C25H32F3NO3. The molecule has 1 atom stereocenters. The molecule has 2 aromatic carbocycles. The van der Waals surface area contributed by atoms with Crippen LogP contribution in [0.15, 0.2) is 60.7 Å². The Hall–Kier alpha value is -2.38. The highest BCUT2D eigenvalue weighted by Gasteiger charge is 2.59. The normalized spacial score (nSPS) is 14.3. The van der Waals surface area contributed by atoms with Crippen LogP contribution in [0.25, 0.3) is 0 Å². The minimum Gasteiger partial charge on any atom is -0.479 e. The molecule has 0 amide bonds. The topological polar surface area (TPSA) is 60.8 Å². The maximum Gasteiger partial charge on any atom is 0.428 e. The summed E-state index contributed by atoms with van der Waals surface area (Å²) in [5.74, 6) is -2.25. The highest BCUT2D eigenvalue weighted by atomic mass is 19.4. The Kier molecular flexibility index (Phi) is 8.87. The summed E-state index contributed by atoms with van der Waals surface area (Å²) < 4.78 is 39.0. The van der Waals surface area contributed by atoms with Gasteiger partial charge in [-0.2, -0.15) is 13.2 Å². The summed E-state index contributed by atoms with van der Waals surface area (Å²) in [4.78, 5) is 13.3. The van der Waals surface area contributed by atoms with Crippen molar-refractivity contribution in [3.8, 4) is 0 Å². The zero-order chi connectivity index (χ0) is 23.8. The van der Waals surface area contributed by atoms with Crippen LogP contribution in [-0.4, -0.2) is 39.4 Å². The second-order valence-corrected chi connectivity index (χ2v) is 9.11. The first kappa shape index (κ1) is 25.9. The molecule has 0 aliphatic carbocycles. The maximum atomic E-state index is 13.0. The first-order valence-electron chi connectivity index (χ1n) is 10.8. The van der Waals surface area contributed by atoms with E-state index in [0.717, 1.165) is 26.1 Å². The van der Waals surface area contributed by atoms with Crippen LogP contribution in [-0.2, 0) is 17.9 Å². The Labute approximate surface area is 187 Å². The Morgan fingerprint density at radius 3 is 1.72 bits per heavy atom. The molecule has 0 heterocycles. The molecular weight excluding hydrogens is 419 g/mol. The minimum atomic E-state index is -5.20. The third-order valence-corrected chi connectivity index (χ3v) is 5.82. The van der Waals surface area contributed by atoms with Crippen molar-refractivity contribution in [3.63, 3.8) is 0 Å². The third-order valence-electron chi connectivity index (χ3n) is 5.82. The van der Waals surface area contributed by atoms with Gasteiger partial charge >= 0.3 is 12.1 Å². The first-order chi connectivity index (χ1) is 14.9. The number of nitrogens with zero attached hydrogens (tertiary/aromatic N) is 1. The molecule has 4 nitrogen and oxygen atoms in total. The number of benzene rings is 2. The van der Waals surface area contributed by atoms with Gasteiger partial charge in [0.2, 0.25) is 0 Å². The van der Waals surface area contributed by atoms with Crippen LogP contribution in [0.2, 0.25) is 0 Å². The van der Waals surface area contributed by atoms with Gasteiger partial charge in [-0.05, 0) is 48.8 Å². The lowest BCUT2D eigenvalue weighted by molar-refractivity contribution is -0.262. The Bertz CT molecular complexity index is 799. The number of aliphatic hydroxyl groups is 1. The summed E-state index contributed by atoms with van der Waals surface area (Å²) in [6, 6.07) is 20.1. The molecule has 2 rings (SSSR count). The molecule has 0 fully saturated rings. The van der Waals surface area contributed by atoms with Crippen molar-refractivity contribution >= 4 is 5.97 Å². The van der Waals surface area contributed by atoms with E-state index in [9.17, 15) is 23.1 Å². The van der Waals surface area contributed by atoms with Crippen molar-refractivity contribution < 1.29 is 28.2 Å². The standard InChI is InChI=1S/C25H32F3NO3/c1-23(2,14-9-15-24(32,22(30)31)25(26,27)28)16-17-29(18-20-10-5-3-6-11-20)19-21-12-7-4-8-13-21/h3-8,10-13,32H,9,14-19H2,1-2H3,(H,30,31). The van der Waals surface area contributed by atoms with Crippen molar-refractivity contribution in [2.75, 3.05) is 6.54 Å². The summed E-state index contributed by atoms with van der Waals surface area (Å²) in [5, 5.41) is 18.5. The number of halogens is 3. The first-order valence-corrected chi connectivity index (χ1v) is 10.8. The van der Waals surface area contributed by atoms with Crippen molar-refractivity contribution in [2.24, 2.45) is 5.41 Å². The van der Waals surface area contributed by atoms with E-state index in [-0.39, 0.29) is 11.8 Å². The fourth-order valence-corrected chi connectivity index (χ4v) is 3.68. The van der Waals surface area contributed by atoms with Gasteiger partial charge in [-0.15, -0.1) is 0 Å². The molecule has 2 N–H and O–H groups in total. The van der Waals surface area contributed by atoms with E-state index in [4.69, 9.17) is 5.11 Å². The lowest BCUT2D eigenvalue weighted by atomic mass is 9.81. The highest BCUT2D eigenvalue weighted by molar-refractivity contribution is 5.78. The Balaban J connectivity index is 1.98. The maximum absolute atomic E-state index is 13.0. The van der Waals surface area contributed by atoms with E-state index in [1.165, 1.54) is 11.1 Å². The largest absolute Gasteiger partial charge is 0.479 e. The molecule has 32 heavy (non-hydrogen) atoms. The number of alkyl halides is 3. The molecule has 0 saturated heterocycles. The second kappa shape index (κ2) is 11.0. The average molecular weight is 452 g/mol. The minimum absolute atomic E-state index is 0.0350. The van der Waals surface area contributed by atoms with Crippen LogP contribution in [0.3, 0.4) is 0 Å². The van der Waals surface area contributed by atoms with E-state index < -0.39 is 24.2 Å². The van der Waals surface area contributed by atoms with Crippen LogP contribution in [0.1, 0.15) is 50.7 Å². The smallest absolute Gasteiger partial charge is 0.428 e. The van der Waals surface area contributed by atoms with Gasteiger partial charge in [0.25, 0.3) is 5.60 Å². The Morgan fingerprint density at radius 1 is 0.844 bits per heavy atom. The molecule has 0 spiro atoms. The van der Waals surface area contributed by atoms with Crippen molar-refractivity contribution in [3.05, 3.63) is 71.8 Å². The van der Waals surface area contributed by atoms with E-state index in [2.05, 4.69) is 29.2 Å². The molecule has 0 aliphatic rings. The lowest BCUT2D eigenvalue weighted by Gasteiger charge is -2.31. The van der Waals surface area contributed by atoms with Gasteiger partial charge in [-0.1, -0.05) is 74.5 Å². The molecule has 0 aromatic heterocycles. The molecule has 0 radical (unpaired) electrons. The van der Waals surface area contributed by atoms with Gasteiger partial charge < -0.3 is 10.2 Å². The third kappa shape index (κ3) is 7.64. The quantitative estimate of drug-likeness (QED) is 0.438. The summed E-state index contributed by atoms with van der Waals surface area (Å²) in [7, 11) is 0. The predicted molar refractivity (Wildman–Crippen MR) is 118 cm³/mol. The molecule has 7 heteroatoms. The number of aliphatic carboxylic acids is 1. The van der Waals surface area contributed by atoms with Crippen LogP contribution in [0.4, 0.5) is 13.2 Å². The fraction of sp³-hybridized carbons (Fsp3) is 0.480. The van der Waals surface area contributed by atoms with E-state index in [0.29, 0.717) is 6.42 Å². The van der Waals surface area contributed by atoms with E-state index in [1.807, 2.05) is 50.2 Å². The average Bonchev–Trinajstić information content (AvgIpc) is 2.72. The SMILES string of the molecule is CC(C)(CCCC(O)(C(=O)O)C(F)(F)F)CCN(Cc1ccccc1)Cc1ccccc1. The predicted octanol–water partition coefficient (Wildman–Crippen LogP) is 5.65. The van der Waals surface area contributed by atoms with Crippen molar-refractivity contribution in [2.45, 2.75) is 64.4 Å². The van der Waals surface area contributed by atoms with E-state index >= 15 is 0 Å². The highest BCUT2D eigenvalue weighted by Crippen LogP contribution is 2.37. The second-order valence-electron chi connectivity index (χ2n) is 9.11. The van der Waals surface area contributed by atoms with Crippen LogP contribution >= 0.6 is 0 Å². The summed E-state index contributed by atoms with van der Waals surface area (Å²) in [6.07, 6.45) is -4.99. The number of hydrogen-bond donors (Lipinski definition) is 2. The number of carbonyl (C=O) groups is 1. The monoisotopic (exact) mass is 451 g/mol. The Morgan fingerprint density at radius 2 is 1.31 bits per heavy atom. The van der Waals surface area contributed by atoms with Gasteiger partial charge in [-0.25, -0.2) is 4.79 Å². The zero-order valence-corrected chi connectivity index (χ0v) is 18.6. The summed E-state index contributed by atoms with van der Waals surface area (Å²) >= 11 is 0. The van der Waals surface area contributed by atoms with Gasteiger partial charge in [0.05, 0.1) is 0 Å². The van der Waals surface area contributed by atoms with Crippen LogP contribution < -0.4 is 0 Å². The van der Waals surface area contributed by atoms with Gasteiger partial charge in [0.1, 0.15) is 0 Å². The van der Waals surface area contributed by atoms with Crippen LogP contribution in [0, 0.1) is 5.41 Å². The lowest BCUT2D eigenvalue weighted by Crippen LogP contribution is -2.52. The number of carboxylic acid groups (broad SMARTS) is 1. The summed E-state index contributed by atoms with van der Waals surface area (Å²) in [5.41, 5.74) is -1.65. The number of rotatable bonds is 12. The molecule has 176 valence electrons. The molecule has 1 unspecified atom stereocenters. The molecule has 0 saturated carbocycles. The number of carboxylic acids is 1. The van der Waals surface area contributed by atoms with Crippen molar-refractivity contribution in [1.82, 2.24) is 4.90 Å². The molecule has 0 bridgehead atoms. The van der Waals surface area contributed by atoms with E-state index in [1.54, 1.807) is 0 Å². The van der Waals surface area contributed by atoms with Gasteiger partial charge in [0.15, 0.2) is 0 Å². The molecule has 0 aliphatic heterocycles. The van der Waals surface area contributed by atoms with Gasteiger partial charge in [-0.3, -0.25) is 4.90 Å². The van der Waals surface area contributed by atoms with Crippen molar-refractivity contribution in [1.29, 1.82) is 0 Å². The van der Waals surface area contributed by atoms with Gasteiger partial charge in [0, 0.05) is 13.1 Å².